The van der Waals surface area contributed by atoms with Crippen LogP contribution in [0, 0.1) is 0 Å². The van der Waals surface area contributed by atoms with Gasteiger partial charge in [0, 0.05) is 19.8 Å². The zero-order chi connectivity index (χ0) is 11.4. The van der Waals surface area contributed by atoms with Gasteiger partial charge in [0.25, 0.3) is 5.91 Å². The molecule has 0 saturated carbocycles. The van der Waals surface area contributed by atoms with Crippen LogP contribution in [-0.4, -0.2) is 22.8 Å². The van der Waals surface area contributed by atoms with Gasteiger partial charge < -0.3 is 9.88 Å². The van der Waals surface area contributed by atoms with Crippen molar-refractivity contribution in [3.05, 3.63) is 59.9 Å². The molecule has 0 aliphatic carbocycles. The molecule has 0 saturated heterocycles. The molecule has 1 heterocycles. The maximum atomic E-state index is 11.9. The van der Waals surface area contributed by atoms with E-state index in [-0.39, 0.29) is 5.91 Å². The quantitative estimate of drug-likeness (QED) is 0.836. The Hall–Kier alpha value is -2.03. The van der Waals surface area contributed by atoms with Crippen molar-refractivity contribution in [1.82, 2.24) is 9.88 Å². The lowest BCUT2D eigenvalue weighted by Crippen LogP contribution is -2.26. The molecular weight excluding hydrogens is 200 g/mol. The summed E-state index contributed by atoms with van der Waals surface area (Å²) in [4.78, 5) is 16.5. The van der Waals surface area contributed by atoms with Gasteiger partial charge >= 0.3 is 0 Å². The number of rotatable bonds is 3. The second kappa shape index (κ2) is 4.66. The number of amides is 1. The first-order valence-electron chi connectivity index (χ1n) is 5.20. The number of carbonyl (C=O) groups is 1. The van der Waals surface area contributed by atoms with Crippen LogP contribution in [0.3, 0.4) is 0 Å². The van der Waals surface area contributed by atoms with E-state index in [0.29, 0.717) is 12.2 Å². The van der Waals surface area contributed by atoms with Gasteiger partial charge in [0.15, 0.2) is 0 Å². The zero-order valence-corrected chi connectivity index (χ0v) is 9.18. The van der Waals surface area contributed by atoms with E-state index in [1.807, 2.05) is 36.4 Å². The Kier molecular flexibility index (Phi) is 3.05. The van der Waals surface area contributed by atoms with E-state index in [0.717, 1.165) is 5.56 Å². The summed E-state index contributed by atoms with van der Waals surface area (Å²) in [6.07, 6.45) is 1.75. The van der Waals surface area contributed by atoms with Crippen LogP contribution in [0.5, 0.6) is 0 Å². The average molecular weight is 214 g/mol. The summed E-state index contributed by atoms with van der Waals surface area (Å²) < 4.78 is 0. The summed E-state index contributed by atoms with van der Waals surface area (Å²) in [6, 6.07) is 13.5. The molecule has 2 aromatic rings. The topological polar surface area (TPSA) is 36.1 Å². The van der Waals surface area contributed by atoms with Gasteiger partial charge in [-0.15, -0.1) is 0 Å². The molecule has 0 bridgehead atoms. The smallest absolute Gasteiger partial charge is 0.270 e. The number of nitrogens with one attached hydrogen (secondary N) is 1. The van der Waals surface area contributed by atoms with E-state index >= 15 is 0 Å². The van der Waals surface area contributed by atoms with Crippen molar-refractivity contribution < 1.29 is 4.79 Å². The zero-order valence-electron chi connectivity index (χ0n) is 9.18. The van der Waals surface area contributed by atoms with E-state index < -0.39 is 0 Å². The van der Waals surface area contributed by atoms with Crippen molar-refractivity contribution in [2.75, 3.05) is 7.05 Å². The molecule has 0 radical (unpaired) electrons. The molecule has 0 aliphatic heterocycles. The summed E-state index contributed by atoms with van der Waals surface area (Å²) in [5, 5.41) is 0. The fourth-order valence-corrected chi connectivity index (χ4v) is 1.60. The number of aromatic amines is 1. The van der Waals surface area contributed by atoms with Crippen LogP contribution in [0.4, 0.5) is 0 Å². The lowest BCUT2D eigenvalue weighted by Gasteiger charge is -2.16. The number of H-pyrrole nitrogens is 1. The van der Waals surface area contributed by atoms with Gasteiger partial charge in [0.2, 0.25) is 0 Å². The van der Waals surface area contributed by atoms with Crippen molar-refractivity contribution >= 4 is 5.91 Å². The third-order valence-electron chi connectivity index (χ3n) is 2.44. The molecule has 0 atom stereocenters. The van der Waals surface area contributed by atoms with Gasteiger partial charge in [0.1, 0.15) is 5.69 Å². The summed E-state index contributed by atoms with van der Waals surface area (Å²) in [5.74, 6) is 0.00820. The van der Waals surface area contributed by atoms with Gasteiger partial charge in [-0.1, -0.05) is 30.3 Å². The molecule has 2 rings (SSSR count). The Morgan fingerprint density at radius 1 is 1.19 bits per heavy atom. The molecule has 3 heteroatoms. The molecule has 1 aromatic carbocycles. The first-order valence-corrected chi connectivity index (χ1v) is 5.20. The van der Waals surface area contributed by atoms with Gasteiger partial charge in [-0.05, 0) is 17.7 Å². The predicted molar refractivity (Wildman–Crippen MR) is 63.0 cm³/mol. The molecule has 16 heavy (non-hydrogen) atoms. The second-order valence-electron chi connectivity index (χ2n) is 3.73. The number of nitrogens with zero attached hydrogens (tertiary/aromatic N) is 1. The van der Waals surface area contributed by atoms with Gasteiger partial charge in [-0.25, -0.2) is 0 Å². The maximum Gasteiger partial charge on any atom is 0.270 e. The van der Waals surface area contributed by atoms with Gasteiger partial charge in [-0.2, -0.15) is 0 Å². The lowest BCUT2D eigenvalue weighted by atomic mass is 10.2. The lowest BCUT2D eigenvalue weighted by molar-refractivity contribution is 0.0780. The van der Waals surface area contributed by atoms with E-state index in [2.05, 4.69) is 4.98 Å². The van der Waals surface area contributed by atoms with Gasteiger partial charge in [-0.3, -0.25) is 4.79 Å². The van der Waals surface area contributed by atoms with Crippen molar-refractivity contribution in [2.24, 2.45) is 0 Å². The van der Waals surface area contributed by atoms with Crippen molar-refractivity contribution in [1.29, 1.82) is 0 Å². The summed E-state index contributed by atoms with van der Waals surface area (Å²) in [5.41, 5.74) is 1.75. The van der Waals surface area contributed by atoms with E-state index in [1.165, 1.54) is 0 Å². The number of aromatic nitrogens is 1. The number of carbonyl (C=O) groups excluding carboxylic acids is 1. The molecule has 0 spiro atoms. The Morgan fingerprint density at radius 2 is 1.94 bits per heavy atom. The minimum absolute atomic E-state index is 0.00820. The maximum absolute atomic E-state index is 11.9. The highest BCUT2D eigenvalue weighted by atomic mass is 16.2. The fourth-order valence-electron chi connectivity index (χ4n) is 1.60. The van der Waals surface area contributed by atoms with Crippen molar-refractivity contribution in [2.45, 2.75) is 6.54 Å². The highest BCUT2D eigenvalue weighted by Crippen LogP contribution is 2.06. The van der Waals surface area contributed by atoms with Crippen molar-refractivity contribution in [3.8, 4) is 0 Å². The molecule has 3 nitrogen and oxygen atoms in total. The second-order valence-corrected chi connectivity index (χ2v) is 3.73. The molecule has 1 N–H and O–H groups in total. The van der Waals surface area contributed by atoms with Crippen LogP contribution in [-0.2, 0) is 6.54 Å². The normalized spacial score (nSPS) is 10.1. The Bertz CT molecular complexity index is 448. The highest BCUT2D eigenvalue weighted by Gasteiger charge is 2.11. The number of hydrogen-bond donors (Lipinski definition) is 1. The first kappa shape index (κ1) is 10.5. The summed E-state index contributed by atoms with van der Waals surface area (Å²) >= 11 is 0. The van der Waals surface area contributed by atoms with Crippen LogP contribution >= 0.6 is 0 Å². The van der Waals surface area contributed by atoms with Gasteiger partial charge in [0.05, 0.1) is 0 Å². The molecule has 0 unspecified atom stereocenters. The predicted octanol–water partition coefficient (Wildman–Crippen LogP) is 2.29. The molecular formula is C13H14N2O. The SMILES string of the molecule is CN(Cc1ccccc1)C(=O)c1ccc[nH]1. The fraction of sp³-hybridized carbons (Fsp3) is 0.154. The van der Waals surface area contributed by atoms with Crippen LogP contribution in [0.2, 0.25) is 0 Å². The largest absolute Gasteiger partial charge is 0.357 e. The minimum Gasteiger partial charge on any atom is -0.357 e. The number of hydrogen-bond acceptors (Lipinski definition) is 1. The standard InChI is InChI=1S/C13H14N2O/c1-15(10-11-6-3-2-4-7-11)13(16)12-8-5-9-14-12/h2-9,14H,10H2,1H3. The third-order valence-corrected chi connectivity index (χ3v) is 2.44. The summed E-state index contributed by atoms with van der Waals surface area (Å²) in [7, 11) is 1.80. The van der Waals surface area contributed by atoms with Crippen LogP contribution in [0.1, 0.15) is 16.1 Å². The third kappa shape index (κ3) is 2.31. The Labute approximate surface area is 94.7 Å². The number of benzene rings is 1. The highest BCUT2D eigenvalue weighted by molar-refractivity contribution is 5.92. The van der Waals surface area contributed by atoms with E-state index in [4.69, 9.17) is 0 Å². The minimum atomic E-state index is 0.00820. The molecule has 1 aromatic heterocycles. The molecule has 0 aliphatic rings. The van der Waals surface area contributed by atoms with Crippen molar-refractivity contribution in [3.63, 3.8) is 0 Å². The Balaban J connectivity index is 2.04. The van der Waals surface area contributed by atoms with Crippen LogP contribution in [0.25, 0.3) is 0 Å². The van der Waals surface area contributed by atoms with Crippen LogP contribution < -0.4 is 0 Å². The Morgan fingerprint density at radius 3 is 2.56 bits per heavy atom. The average Bonchev–Trinajstić information content (AvgIpc) is 2.83. The first-order chi connectivity index (χ1) is 7.77. The monoisotopic (exact) mass is 214 g/mol. The van der Waals surface area contributed by atoms with E-state index in [9.17, 15) is 4.79 Å². The van der Waals surface area contributed by atoms with E-state index in [1.54, 1.807) is 24.2 Å². The summed E-state index contributed by atoms with van der Waals surface area (Å²) in [6.45, 7) is 0.624. The van der Waals surface area contributed by atoms with Crippen LogP contribution in [0.15, 0.2) is 48.7 Å². The molecule has 1 amide bonds. The molecule has 0 fully saturated rings. The molecule has 82 valence electrons.